The highest BCUT2D eigenvalue weighted by atomic mass is 79.9. The maximum absolute atomic E-state index is 9.19. The third-order valence-electron chi connectivity index (χ3n) is 2.69. The highest BCUT2D eigenvalue weighted by molar-refractivity contribution is 9.10. The molecule has 0 spiro atoms. The molecule has 4 heteroatoms. The molecule has 0 amide bonds. The molecule has 1 rings (SSSR count). The summed E-state index contributed by atoms with van der Waals surface area (Å²) in [6, 6.07) is 6.20. The predicted molar refractivity (Wildman–Crippen MR) is 73.4 cm³/mol. The minimum atomic E-state index is -0.256. The van der Waals surface area contributed by atoms with Gasteiger partial charge in [0.2, 0.25) is 0 Å². The molecule has 3 nitrogen and oxygen atoms in total. The maximum Gasteiger partial charge on any atom is 0.120 e. The van der Waals surface area contributed by atoms with Crippen LogP contribution in [0.5, 0.6) is 5.75 Å². The van der Waals surface area contributed by atoms with E-state index in [4.69, 9.17) is 4.74 Å². The lowest BCUT2D eigenvalue weighted by Gasteiger charge is -2.17. The zero-order valence-corrected chi connectivity index (χ0v) is 12.1. The average Bonchev–Trinajstić information content (AvgIpc) is 2.28. The third-order valence-corrected chi connectivity index (χ3v) is 3.37. The Kier molecular flexibility index (Phi) is 5.95. The first-order valence-corrected chi connectivity index (χ1v) is 6.58. The van der Waals surface area contributed by atoms with Crippen LogP contribution in [0.3, 0.4) is 0 Å². The lowest BCUT2D eigenvalue weighted by Crippen LogP contribution is -2.22. The van der Waals surface area contributed by atoms with Crippen LogP contribution < -0.4 is 10.1 Å². The van der Waals surface area contributed by atoms with E-state index < -0.39 is 0 Å². The van der Waals surface area contributed by atoms with Crippen molar-refractivity contribution >= 4 is 15.9 Å². The van der Waals surface area contributed by atoms with E-state index in [0.29, 0.717) is 0 Å². The Labute approximate surface area is 111 Å². The molecular formula is C13H20BrNO2. The van der Waals surface area contributed by atoms with Gasteiger partial charge in [-0.3, -0.25) is 0 Å². The fourth-order valence-electron chi connectivity index (χ4n) is 1.60. The van der Waals surface area contributed by atoms with Crippen molar-refractivity contribution in [1.29, 1.82) is 0 Å². The number of hydrogen-bond acceptors (Lipinski definition) is 3. The summed E-state index contributed by atoms with van der Waals surface area (Å²) in [6.45, 7) is 4.71. The third kappa shape index (κ3) is 4.66. The molecule has 0 aromatic heterocycles. The van der Waals surface area contributed by atoms with Crippen molar-refractivity contribution in [2.24, 2.45) is 0 Å². The molecule has 0 aliphatic carbocycles. The molecule has 0 radical (unpaired) electrons. The molecule has 1 aromatic rings. The number of aliphatic hydroxyl groups is 1. The second-order valence-corrected chi connectivity index (χ2v) is 5.06. The Bertz CT molecular complexity index is 355. The molecular weight excluding hydrogens is 282 g/mol. The van der Waals surface area contributed by atoms with E-state index in [-0.39, 0.29) is 12.1 Å². The summed E-state index contributed by atoms with van der Waals surface area (Å²) < 4.78 is 6.19. The molecule has 1 aromatic carbocycles. The Morgan fingerprint density at radius 2 is 2.12 bits per heavy atom. The first-order chi connectivity index (χ1) is 8.04. The largest absolute Gasteiger partial charge is 0.497 e. The molecule has 0 fully saturated rings. The van der Waals surface area contributed by atoms with Crippen LogP contribution in [0.15, 0.2) is 22.7 Å². The van der Waals surface area contributed by atoms with Gasteiger partial charge in [0.25, 0.3) is 0 Å². The van der Waals surface area contributed by atoms with E-state index in [9.17, 15) is 5.11 Å². The lowest BCUT2D eigenvalue weighted by atomic mass is 10.1. The number of rotatable bonds is 6. The fraction of sp³-hybridized carbons (Fsp3) is 0.538. The zero-order chi connectivity index (χ0) is 12.8. The maximum atomic E-state index is 9.19. The normalized spacial score (nSPS) is 14.4. The monoisotopic (exact) mass is 301 g/mol. The second kappa shape index (κ2) is 6.99. The number of halogens is 1. The molecule has 0 saturated heterocycles. The van der Waals surface area contributed by atoms with Gasteiger partial charge in [-0.15, -0.1) is 0 Å². The Morgan fingerprint density at radius 1 is 1.41 bits per heavy atom. The van der Waals surface area contributed by atoms with E-state index in [1.54, 1.807) is 14.0 Å². The van der Waals surface area contributed by atoms with Crippen LogP contribution in [0.4, 0.5) is 0 Å². The van der Waals surface area contributed by atoms with Crippen LogP contribution in [-0.4, -0.2) is 24.9 Å². The first-order valence-electron chi connectivity index (χ1n) is 5.79. The van der Waals surface area contributed by atoms with E-state index in [1.165, 1.54) is 5.56 Å². The molecule has 0 saturated carbocycles. The number of nitrogens with one attached hydrogen (secondary N) is 1. The highest BCUT2D eigenvalue weighted by Gasteiger charge is 2.09. The highest BCUT2D eigenvalue weighted by Crippen LogP contribution is 2.27. The summed E-state index contributed by atoms with van der Waals surface area (Å²) in [4.78, 5) is 0. The molecule has 2 N–H and O–H groups in total. The number of hydrogen-bond donors (Lipinski definition) is 2. The zero-order valence-electron chi connectivity index (χ0n) is 10.5. The summed E-state index contributed by atoms with van der Waals surface area (Å²) >= 11 is 3.54. The van der Waals surface area contributed by atoms with Gasteiger partial charge in [0, 0.05) is 10.5 Å². The molecule has 2 atom stereocenters. The molecule has 17 heavy (non-hydrogen) atoms. The minimum Gasteiger partial charge on any atom is -0.497 e. The van der Waals surface area contributed by atoms with Crippen LogP contribution in [0.2, 0.25) is 0 Å². The van der Waals surface area contributed by atoms with Crippen LogP contribution in [0, 0.1) is 0 Å². The van der Waals surface area contributed by atoms with Crippen LogP contribution in [0.1, 0.15) is 31.9 Å². The van der Waals surface area contributed by atoms with Crippen molar-refractivity contribution < 1.29 is 9.84 Å². The molecule has 96 valence electrons. The van der Waals surface area contributed by atoms with Gasteiger partial charge in [0.15, 0.2) is 0 Å². The van der Waals surface area contributed by atoms with Crippen LogP contribution in [0.25, 0.3) is 0 Å². The minimum absolute atomic E-state index is 0.244. The number of methoxy groups -OCH3 is 1. The van der Waals surface area contributed by atoms with Crippen molar-refractivity contribution in [2.75, 3.05) is 13.7 Å². The summed E-state index contributed by atoms with van der Waals surface area (Å²) in [5, 5.41) is 12.6. The van der Waals surface area contributed by atoms with E-state index in [0.717, 1.165) is 23.2 Å². The van der Waals surface area contributed by atoms with Gasteiger partial charge in [-0.05, 0) is 44.5 Å². The molecule has 0 aliphatic rings. The lowest BCUT2D eigenvalue weighted by molar-refractivity contribution is 0.182. The van der Waals surface area contributed by atoms with E-state index >= 15 is 0 Å². The first kappa shape index (κ1) is 14.5. The summed E-state index contributed by atoms with van der Waals surface area (Å²) in [7, 11) is 1.66. The van der Waals surface area contributed by atoms with E-state index in [1.807, 2.05) is 18.2 Å². The van der Waals surface area contributed by atoms with Gasteiger partial charge in [-0.1, -0.05) is 22.0 Å². The van der Waals surface area contributed by atoms with Gasteiger partial charge in [0.05, 0.1) is 13.2 Å². The molecule has 0 heterocycles. The Morgan fingerprint density at radius 3 is 2.65 bits per heavy atom. The molecule has 0 aliphatic heterocycles. The van der Waals surface area contributed by atoms with Crippen molar-refractivity contribution in [3.8, 4) is 5.75 Å². The van der Waals surface area contributed by atoms with Crippen molar-refractivity contribution in [2.45, 2.75) is 32.4 Å². The number of benzene rings is 1. The van der Waals surface area contributed by atoms with Crippen molar-refractivity contribution in [1.82, 2.24) is 5.32 Å². The standard InChI is InChI=1S/C13H20BrNO2/c1-9(16)6-7-15-10(2)12-5-4-11(17-3)8-13(12)14/h4-5,8-10,15-16H,6-7H2,1-3H3/t9-,10-/m0/s1. The number of aliphatic hydroxyl groups excluding tert-OH is 1. The fourth-order valence-corrected chi connectivity index (χ4v) is 2.31. The van der Waals surface area contributed by atoms with Gasteiger partial charge in [0.1, 0.15) is 5.75 Å². The average molecular weight is 302 g/mol. The van der Waals surface area contributed by atoms with Gasteiger partial charge in [-0.25, -0.2) is 0 Å². The smallest absolute Gasteiger partial charge is 0.120 e. The van der Waals surface area contributed by atoms with Gasteiger partial charge in [-0.2, -0.15) is 0 Å². The predicted octanol–water partition coefficient (Wildman–Crippen LogP) is 2.88. The van der Waals surface area contributed by atoms with Crippen LogP contribution >= 0.6 is 15.9 Å². The quantitative estimate of drug-likeness (QED) is 0.849. The van der Waals surface area contributed by atoms with Gasteiger partial charge < -0.3 is 15.2 Å². The number of ether oxygens (including phenoxy) is 1. The van der Waals surface area contributed by atoms with Crippen molar-refractivity contribution in [3.63, 3.8) is 0 Å². The van der Waals surface area contributed by atoms with Crippen molar-refractivity contribution in [3.05, 3.63) is 28.2 Å². The van der Waals surface area contributed by atoms with E-state index in [2.05, 4.69) is 28.2 Å². The second-order valence-electron chi connectivity index (χ2n) is 4.20. The van der Waals surface area contributed by atoms with Crippen LogP contribution in [-0.2, 0) is 0 Å². The summed E-state index contributed by atoms with van der Waals surface area (Å²) in [5.74, 6) is 0.844. The Balaban J connectivity index is 2.59. The topological polar surface area (TPSA) is 41.5 Å². The summed E-state index contributed by atoms with van der Waals surface area (Å²) in [5.41, 5.74) is 1.19. The summed E-state index contributed by atoms with van der Waals surface area (Å²) in [6.07, 6.45) is 0.506. The molecule has 0 bridgehead atoms. The van der Waals surface area contributed by atoms with Gasteiger partial charge >= 0.3 is 0 Å². The SMILES string of the molecule is COc1ccc([C@H](C)NCC[C@H](C)O)c(Br)c1. The Hall–Kier alpha value is -0.580. The molecule has 0 unspecified atom stereocenters.